The predicted octanol–water partition coefficient (Wildman–Crippen LogP) is 3.70. The van der Waals surface area contributed by atoms with E-state index in [1.807, 2.05) is 36.4 Å². The molecule has 0 atom stereocenters. The van der Waals surface area contributed by atoms with Crippen molar-refractivity contribution in [3.05, 3.63) is 77.9 Å². The number of rotatable bonds is 14. The van der Waals surface area contributed by atoms with Gasteiger partial charge in [-0.2, -0.15) is 0 Å². The van der Waals surface area contributed by atoms with Crippen LogP contribution in [0, 0.1) is 0 Å². The van der Waals surface area contributed by atoms with Crippen molar-refractivity contribution in [3.8, 4) is 5.75 Å². The number of carbonyl (C=O) groups excluding carboxylic acids is 1. The van der Waals surface area contributed by atoms with Crippen molar-refractivity contribution in [2.45, 2.75) is 0 Å². The second-order valence-corrected chi connectivity index (χ2v) is 6.27. The van der Waals surface area contributed by atoms with Crippen molar-refractivity contribution in [1.82, 2.24) is 0 Å². The molecule has 2 aromatic carbocycles. The number of aromatic carboxylic acids is 1. The van der Waals surface area contributed by atoms with Crippen molar-refractivity contribution in [2.75, 3.05) is 39.6 Å². The van der Waals surface area contributed by atoms with Crippen molar-refractivity contribution >= 4 is 24.1 Å². The lowest BCUT2D eigenvalue weighted by Gasteiger charge is -2.08. The van der Waals surface area contributed by atoms with Gasteiger partial charge in [-0.3, -0.25) is 0 Å². The zero-order valence-corrected chi connectivity index (χ0v) is 17.2. The molecule has 2 aromatic rings. The summed E-state index contributed by atoms with van der Waals surface area (Å²) in [6.07, 6.45) is 4.97. The molecule has 0 amide bonds. The maximum Gasteiger partial charge on any atom is 0.335 e. The SMILES string of the molecule is C=CC(=O)OCCOCCOCCOc1ccc(/C=C/c2ccc(C(=O)O)cc2)cc1. The van der Waals surface area contributed by atoms with Crippen molar-refractivity contribution in [2.24, 2.45) is 0 Å². The van der Waals surface area contributed by atoms with Gasteiger partial charge in [-0.15, -0.1) is 0 Å². The maximum absolute atomic E-state index is 10.9. The lowest BCUT2D eigenvalue weighted by Crippen LogP contribution is -2.13. The topological polar surface area (TPSA) is 91.3 Å². The predicted molar refractivity (Wildman–Crippen MR) is 117 cm³/mol. The van der Waals surface area contributed by atoms with Gasteiger partial charge in [-0.1, -0.05) is 43.0 Å². The van der Waals surface area contributed by atoms with Crippen LogP contribution in [0.25, 0.3) is 12.2 Å². The van der Waals surface area contributed by atoms with Crippen LogP contribution in [0.2, 0.25) is 0 Å². The number of ether oxygens (including phenoxy) is 4. The van der Waals surface area contributed by atoms with E-state index in [4.69, 9.17) is 24.1 Å². The molecule has 0 saturated heterocycles. The first-order chi connectivity index (χ1) is 15.1. The largest absolute Gasteiger partial charge is 0.491 e. The minimum Gasteiger partial charge on any atom is -0.491 e. The molecule has 0 radical (unpaired) electrons. The Bertz CT molecular complexity index is 855. The third kappa shape index (κ3) is 9.75. The van der Waals surface area contributed by atoms with E-state index in [0.29, 0.717) is 33.0 Å². The Kier molecular flexibility index (Phi) is 10.6. The van der Waals surface area contributed by atoms with Crippen molar-refractivity contribution in [3.63, 3.8) is 0 Å². The number of esters is 1. The number of benzene rings is 2. The summed E-state index contributed by atoms with van der Waals surface area (Å²) in [5, 5.41) is 8.92. The van der Waals surface area contributed by atoms with Gasteiger partial charge in [0.25, 0.3) is 0 Å². The molecule has 31 heavy (non-hydrogen) atoms. The van der Waals surface area contributed by atoms with Gasteiger partial charge in [-0.05, 0) is 35.4 Å². The Hall–Kier alpha value is -3.42. The number of carboxylic acids is 1. The Morgan fingerprint density at radius 3 is 1.84 bits per heavy atom. The minimum atomic E-state index is -0.936. The molecular weight excluding hydrogens is 400 g/mol. The molecule has 7 nitrogen and oxygen atoms in total. The molecule has 0 spiro atoms. The zero-order chi connectivity index (χ0) is 22.3. The molecule has 164 valence electrons. The van der Waals surface area contributed by atoms with Gasteiger partial charge in [0.2, 0.25) is 0 Å². The molecule has 0 saturated carbocycles. The fraction of sp³-hybridized carbons (Fsp3) is 0.250. The molecule has 1 N–H and O–H groups in total. The fourth-order valence-corrected chi connectivity index (χ4v) is 2.40. The van der Waals surface area contributed by atoms with Crippen LogP contribution in [0.1, 0.15) is 21.5 Å². The van der Waals surface area contributed by atoms with Crippen molar-refractivity contribution < 1.29 is 33.6 Å². The first-order valence-electron chi connectivity index (χ1n) is 9.77. The average Bonchev–Trinajstić information content (AvgIpc) is 2.79. The molecular formula is C24H26O7. The molecule has 0 aromatic heterocycles. The normalized spacial score (nSPS) is 10.7. The first-order valence-corrected chi connectivity index (χ1v) is 9.77. The first kappa shape index (κ1) is 23.9. The Morgan fingerprint density at radius 1 is 0.774 bits per heavy atom. The van der Waals surface area contributed by atoms with E-state index in [-0.39, 0.29) is 12.2 Å². The number of hydrogen-bond donors (Lipinski definition) is 1. The molecule has 0 aliphatic heterocycles. The summed E-state index contributed by atoms with van der Waals surface area (Å²) in [7, 11) is 0. The van der Waals surface area contributed by atoms with Gasteiger partial charge >= 0.3 is 11.9 Å². The smallest absolute Gasteiger partial charge is 0.335 e. The highest BCUT2D eigenvalue weighted by Gasteiger charge is 2.00. The van der Waals surface area contributed by atoms with Crippen LogP contribution >= 0.6 is 0 Å². The van der Waals surface area contributed by atoms with E-state index in [9.17, 15) is 9.59 Å². The third-order valence-corrected chi connectivity index (χ3v) is 4.01. The monoisotopic (exact) mass is 426 g/mol. The van der Waals surface area contributed by atoms with Crippen LogP contribution in [0.5, 0.6) is 5.75 Å². The maximum atomic E-state index is 10.9. The van der Waals surface area contributed by atoms with E-state index < -0.39 is 11.9 Å². The number of hydrogen-bond acceptors (Lipinski definition) is 6. The zero-order valence-electron chi connectivity index (χ0n) is 17.2. The highest BCUT2D eigenvalue weighted by Crippen LogP contribution is 2.15. The summed E-state index contributed by atoms with van der Waals surface area (Å²) < 4.78 is 21.1. The van der Waals surface area contributed by atoms with Crippen LogP contribution < -0.4 is 4.74 Å². The third-order valence-electron chi connectivity index (χ3n) is 4.01. The van der Waals surface area contributed by atoms with Gasteiger partial charge in [0.15, 0.2) is 0 Å². The highest BCUT2D eigenvalue weighted by molar-refractivity contribution is 5.88. The molecule has 0 bridgehead atoms. The van der Waals surface area contributed by atoms with Crippen molar-refractivity contribution in [1.29, 1.82) is 0 Å². The summed E-state index contributed by atoms with van der Waals surface area (Å²) in [4.78, 5) is 21.7. The summed E-state index contributed by atoms with van der Waals surface area (Å²) in [6, 6.07) is 14.3. The van der Waals surface area contributed by atoms with E-state index in [2.05, 4.69) is 6.58 Å². The fourth-order valence-electron chi connectivity index (χ4n) is 2.40. The number of carbonyl (C=O) groups is 2. The van der Waals surface area contributed by atoms with Crippen LogP contribution in [0.15, 0.2) is 61.2 Å². The van der Waals surface area contributed by atoms with E-state index in [1.54, 1.807) is 24.3 Å². The molecule has 0 heterocycles. The van der Waals surface area contributed by atoms with E-state index >= 15 is 0 Å². The Balaban J connectivity index is 1.58. The van der Waals surface area contributed by atoms with Crippen LogP contribution in [0.3, 0.4) is 0 Å². The molecule has 0 fully saturated rings. The summed E-state index contributed by atoms with van der Waals surface area (Å²) >= 11 is 0. The van der Waals surface area contributed by atoms with Crippen LogP contribution in [-0.2, 0) is 19.0 Å². The Labute approximate surface area is 181 Å². The van der Waals surface area contributed by atoms with Crippen LogP contribution in [0.4, 0.5) is 0 Å². The lowest BCUT2D eigenvalue weighted by molar-refractivity contribution is -0.139. The molecule has 0 unspecified atom stereocenters. The van der Waals surface area contributed by atoms with Gasteiger partial charge < -0.3 is 24.1 Å². The van der Waals surface area contributed by atoms with Gasteiger partial charge in [-0.25, -0.2) is 9.59 Å². The molecule has 7 heteroatoms. The minimum absolute atomic E-state index is 0.191. The Morgan fingerprint density at radius 2 is 1.29 bits per heavy atom. The molecule has 2 rings (SSSR count). The summed E-state index contributed by atoms with van der Waals surface area (Å²) in [6.45, 7) is 5.50. The number of carboxylic acid groups (broad SMARTS) is 1. The molecule has 0 aliphatic rings. The van der Waals surface area contributed by atoms with E-state index in [1.165, 1.54) is 0 Å². The second kappa shape index (κ2) is 13.7. The lowest BCUT2D eigenvalue weighted by atomic mass is 10.1. The van der Waals surface area contributed by atoms with Crippen LogP contribution in [-0.4, -0.2) is 56.7 Å². The highest BCUT2D eigenvalue weighted by atomic mass is 16.6. The quantitative estimate of drug-likeness (QED) is 0.213. The molecule has 0 aliphatic carbocycles. The van der Waals surface area contributed by atoms with Gasteiger partial charge in [0.05, 0.1) is 32.0 Å². The summed E-state index contributed by atoms with van der Waals surface area (Å²) in [5.41, 5.74) is 2.19. The van der Waals surface area contributed by atoms with Gasteiger partial charge in [0.1, 0.15) is 19.0 Å². The second-order valence-electron chi connectivity index (χ2n) is 6.27. The standard InChI is InChI=1S/C24H26O7/c1-2-23(25)31-18-16-29-14-13-28-15-17-30-22-11-7-20(8-12-22)4-3-19-5-9-21(10-6-19)24(26)27/h2-12H,1,13-18H2,(H,26,27)/b4-3+. The summed E-state index contributed by atoms with van der Waals surface area (Å²) in [5.74, 6) is -0.659. The van der Waals surface area contributed by atoms with E-state index in [0.717, 1.165) is 23.0 Å². The average molecular weight is 426 g/mol. The van der Waals surface area contributed by atoms with Gasteiger partial charge in [0, 0.05) is 6.08 Å².